The van der Waals surface area contributed by atoms with Gasteiger partial charge in [0.05, 0.1) is 11.9 Å². The van der Waals surface area contributed by atoms with E-state index in [2.05, 4.69) is 36.7 Å². The lowest BCUT2D eigenvalue weighted by atomic mass is 9.96. The molecule has 1 fully saturated rings. The van der Waals surface area contributed by atoms with E-state index in [1.54, 1.807) is 10.9 Å². The Morgan fingerprint density at radius 2 is 1.97 bits per heavy atom. The minimum Gasteiger partial charge on any atom is -0.342 e. The van der Waals surface area contributed by atoms with Crippen molar-refractivity contribution in [1.29, 1.82) is 0 Å². The predicted octanol–water partition coefficient (Wildman–Crippen LogP) is 2.77. The Morgan fingerprint density at radius 3 is 2.70 bits per heavy atom. The molecule has 5 rings (SSSR count). The summed E-state index contributed by atoms with van der Waals surface area (Å²) in [5, 5.41) is 12.2. The molecule has 0 radical (unpaired) electrons. The largest absolute Gasteiger partial charge is 0.342 e. The van der Waals surface area contributed by atoms with Crippen molar-refractivity contribution >= 4 is 29.2 Å². The molecule has 1 aliphatic heterocycles. The average Bonchev–Trinajstić information content (AvgIpc) is 3.38. The van der Waals surface area contributed by atoms with Crippen molar-refractivity contribution in [2.45, 2.75) is 32.2 Å². The summed E-state index contributed by atoms with van der Waals surface area (Å²) in [5.74, 6) is 1.93. The van der Waals surface area contributed by atoms with Crippen LogP contribution in [-0.2, 0) is 6.54 Å². The number of nitrogens with zero attached hydrogens (tertiary/aromatic N) is 6. The standard InChI is InChI=1S/C20H22N8OS/c1-2-27-16(24-25-20(27)30)13-8-10-26(11-9-13)19-22-17-15(18(29)23-19)12-21-28(17)14-6-4-3-5-7-14/h3-7,12-13H,2,8-11H2,1H3,(H,25,30)(H,22,23,29). The summed E-state index contributed by atoms with van der Waals surface area (Å²) < 4.78 is 4.43. The molecule has 0 saturated carbocycles. The van der Waals surface area contributed by atoms with Gasteiger partial charge in [0.15, 0.2) is 10.4 Å². The van der Waals surface area contributed by atoms with E-state index >= 15 is 0 Å². The minimum atomic E-state index is -0.175. The zero-order valence-corrected chi connectivity index (χ0v) is 17.4. The van der Waals surface area contributed by atoms with Crippen LogP contribution in [0.1, 0.15) is 31.5 Å². The molecule has 0 spiro atoms. The molecule has 10 heteroatoms. The van der Waals surface area contributed by atoms with Crippen molar-refractivity contribution in [1.82, 2.24) is 34.5 Å². The third kappa shape index (κ3) is 3.13. The number of aromatic nitrogens is 7. The predicted molar refractivity (Wildman–Crippen MR) is 117 cm³/mol. The van der Waals surface area contributed by atoms with Gasteiger partial charge in [-0.25, -0.2) is 4.68 Å². The summed E-state index contributed by atoms with van der Waals surface area (Å²) in [6, 6.07) is 9.71. The molecule has 154 valence electrons. The summed E-state index contributed by atoms with van der Waals surface area (Å²) in [6.07, 6.45) is 3.40. The van der Waals surface area contributed by atoms with Crippen molar-refractivity contribution in [3.63, 3.8) is 0 Å². The molecule has 0 atom stereocenters. The van der Waals surface area contributed by atoms with Gasteiger partial charge >= 0.3 is 0 Å². The lowest BCUT2D eigenvalue weighted by Crippen LogP contribution is -2.36. The zero-order chi connectivity index (χ0) is 20.7. The third-order valence-electron chi connectivity index (χ3n) is 5.69. The van der Waals surface area contributed by atoms with E-state index in [0.717, 1.165) is 44.0 Å². The first-order valence-corrected chi connectivity index (χ1v) is 10.5. The number of aromatic amines is 2. The van der Waals surface area contributed by atoms with Gasteiger partial charge in [0, 0.05) is 25.6 Å². The number of anilines is 1. The maximum atomic E-state index is 12.7. The van der Waals surface area contributed by atoms with E-state index in [9.17, 15) is 4.79 Å². The van der Waals surface area contributed by atoms with Gasteiger partial charge in [-0.3, -0.25) is 14.9 Å². The number of H-pyrrole nitrogens is 2. The molecule has 3 aromatic heterocycles. The van der Waals surface area contributed by atoms with Crippen molar-refractivity contribution < 1.29 is 0 Å². The SMILES string of the molecule is CCn1c(C2CCN(c3nc4c(cnn4-c4ccccc4)c(=O)[nH]3)CC2)n[nH]c1=S. The Morgan fingerprint density at radius 1 is 1.20 bits per heavy atom. The van der Waals surface area contributed by atoms with Crippen molar-refractivity contribution in [3.05, 3.63) is 57.5 Å². The molecule has 4 heterocycles. The fourth-order valence-electron chi connectivity index (χ4n) is 4.11. The van der Waals surface area contributed by atoms with Gasteiger partial charge in [-0.2, -0.15) is 15.2 Å². The number of hydrogen-bond acceptors (Lipinski definition) is 6. The van der Waals surface area contributed by atoms with Crippen LogP contribution in [0.5, 0.6) is 0 Å². The van der Waals surface area contributed by atoms with E-state index in [-0.39, 0.29) is 5.56 Å². The second-order valence-corrected chi connectivity index (χ2v) is 7.80. The van der Waals surface area contributed by atoms with Crippen LogP contribution in [0.4, 0.5) is 5.95 Å². The fraction of sp³-hybridized carbons (Fsp3) is 0.350. The van der Waals surface area contributed by atoms with Crippen molar-refractivity contribution in [2.24, 2.45) is 0 Å². The van der Waals surface area contributed by atoms with Gasteiger partial charge in [-0.1, -0.05) is 18.2 Å². The Kier molecular flexibility index (Phi) is 4.70. The summed E-state index contributed by atoms with van der Waals surface area (Å²) in [4.78, 5) is 22.5. The number of hydrogen-bond donors (Lipinski definition) is 2. The van der Waals surface area contributed by atoms with Crippen LogP contribution >= 0.6 is 12.2 Å². The van der Waals surface area contributed by atoms with E-state index in [4.69, 9.17) is 17.2 Å². The molecule has 0 aliphatic carbocycles. The molecule has 9 nitrogen and oxygen atoms in total. The Bertz CT molecular complexity index is 1290. The average molecular weight is 423 g/mol. The van der Waals surface area contributed by atoms with E-state index in [1.165, 1.54) is 0 Å². The Balaban J connectivity index is 1.43. The minimum absolute atomic E-state index is 0.175. The monoisotopic (exact) mass is 422 g/mol. The molecule has 1 saturated heterocycles. The maximum absolute atomic E-state index is 12.7. The molecular formula is C20H22N8OS. The molecule has 2 N–H and O–H groups in total. The quantitative estimate of drug-likeness (QED) is 0.491. The highest BCUT2D eigenvalue weighted by Gasteiger charge is 2.26. The third-order valence-corrected chi connectivity index (χ3v) is 6.00. The van der Waals surface area contributed by atoms with Gasteiger partial charge in [-0.05, 0) is 44.1 Å². The van der Waals surface area contributed by atoms with Crippen LogP contribution in [0.3, 0.4) is 0 Å². The normalized spacial score (nSPS) is 15.2. The highest BCUT2D eigenvalue weighted by molar-refractivity contribution is 7.71. The summed E-state index contributed by atoms with van der Waals surface area (Å²) in [6.45, 7) is 4.44. The van der Waals surface area contributed by atoms with Crippen LogP contribution < -0.4 is 10.5 Å². The second kappa shape index (κ2) is 7.52. The van der Waals surface area contributed by atoms with E-state index < -0.39 is 0 Å². The molecular weight excluding hydrogens is 400 g/mol. The number of fused-ring (bicyclic) bond motifs is 1. The first kappa shape index (κ1) is 18.7. The van der Waals surface area contributed by atoms with Crippen molar-refractivity contribution in [3.8, 4) is 5.69 Å². The van der Waals surface area contributed by atoms with Gasteiger partial charge in [0.1, 0.15) is 11.2 Å². The molecule has 1 aromatic carbocycles. The van der Waals surface area contributed by atoms with E-state index in [0.29, 0.717) is 27.7 Å². The van der Waals surface area contributed by atoms with Gasteiger partial charge in [0.25, 0.3) is 5.56 Å². The molecule has 30 heavy (non-hydrogen) atoms. The lowest BCUT2D eigenvalue weighted by Gasteiger charge is -2.31. The van der Waals surface area contributed by atoms with Gasteiger partial charge < -0.3 is 9.47 Å². The number of piperidine rings is 1. The second-order valence-electron chi connectivity index (χ2n) is 7.41. The summed E-state index contributed by atoms with van der Waals surface area (Å²) in [5.41, 5.74) is 1.26. The molecule has 0 bridgehead atoms. The molecule has 4 aromatic rings. The Labute approximate surface area is 177 Å². The first-order valence-electron chi connectivity index (χ1n) is 10.1. The van der Waals surface area contributed by atoms with Crippen LogP contribution in [0.25, 0.3) is 16.7 Å². The number of rotatable bonds is 4. The molecule has 1 aliphatic rings. The summed E-state index contributed by atoms with van der Waals surface area (Å²) >= 11 is 5.32. The van der Waals surface area contributed by atoms with Crippen LogP contribution in [0.15, 0.2) is 41.3 Å². The number of benzene rings is 1. The van der Waals surface area contributed by atoms with Crippen LogP contribution in [0.2, 0.25) is 0 Å². The van der Waals surface area contributed by atoms with Crippen molar-refractivity contribution in [2.75, 3.05) is 18.0 Å². The maximum Gasteiger partial charge on any atom is 0.263 e. The topological polar surface area (TPSA) is 100 Å². The first-order chi connectivity index (χ1) is 14.7. The van der Waals surface area contributed by atoms with Crippen LogP contribution in [-0.4, -0.2) is 47.6 Å². The number of nitrogens with one attached hydrogen (secondary N) is 2. The molecule has 0 amide bonds. The van der Waals surface area contributed by atoms with E-state index in [1.807, 2.05) is 30.3 Å². The van der Waals surface area contributed by atoms with Gasteiger partial charge in [0.2, 0.25) is 5.95 Å². The highest BCUT2D eigenvalue weighted by atomic mass is 32.1. The van der Waals surface area contributed by atoms with Crippen LogP contribution in [0, 0.1) is 4.77 Å². The zero-order valence-electron chi connectivity index (χ0n) is 16.6. The fourth-order valence-corrected chi connectivity index (χ4v) is 4.38. The van der Waals surface area contributed by atoms with Gasteiger partial charge in [-0.15, -0.1) is 0 Å². The highest BCUT2D eigenvalue weighted by Crippen LogP contribution is 2.28. The lowest BCUT2D eigenvalue weighted by molar-refractivity contribution is 0.462. The number of para-hydroxylation sites is 1. The smallest absolute Gasteiger partial charge is 0.263 e. The summed E-state index contributed by atoms with van der Waals surface area (Å²) in [7, 11) is 0. The Hall–Kier alpha value is -3.27. The molecule has 0 unspecified atom stereocenters.